The third-order valence-corrected chi connectivity index (χ3v) is 4.37. The minimum Gasteiger partial charge on any atom is -0.355 e. The molecule has 0 aliphatic carbocycles. The molecule has 23 heavy (non-hydrogen) atoms. The minimum absolute atomic E-state index is 1.02. The normalized spacial score (nSPS) is 10.6. The Bertz CT molecular complexity index is 532. The van der Waals surface area contributed by atoms with Gasteiger partial charge in [-0.2, -0.15) is 0 Å². The van der Waals surface area contributed by atoms with Crippen LogP contribution < -0.4 is 10.6 Å². The summed E-state index contributed by atoms with van der Waals surface area (Å²) in [6.45, 7) is 12.0. The highest BCUT2D eigenvalue weighted by molar-refractivity contribution is 5.63. The Morgan fingerprint density at radius 2 is 0.913 bits per heavy atom. The molecule has 2 N–H and O–H groups in total. The van der Waals surface area contributed by atoms with Gasteiger partial charge in [0.05, 0.1) is 0 Å². The molecule has 0 aromatic heterocycles. The van der Waals surface area contributed by atoms with Gasteiger partial charge in [0.1, 0.15) is 0 Å². The molecule has 0 aliphatic heterocycles. The first-order chi connectivity index (χ1) is 11.2. The Labute approximate surface area is 141 Å². The van der Waals surface area contributed by atoms with Crippen LogP contribution in [-0.2, 0) is 25.7 Å². The van der Waals surface area contributed by atoms with Gasteiger partial charge in [0.25, 0.3) is 0 Å². The number of nitrogens with one attached hydrogen (secondary N) is 2. The first-order valence-electron chi connectivity index (χ1n) is 8.73. The van der Waals surface area contributed by atoms with E-state index in [4.69, 9.17) is 0 Å². The fourth-order valence-electron chi connectivity index (χ4n) is 2.96. The molecule has 0 spiro atoms. The Morgan fingerprint density at radius 3 is 1.17 bits per heavy atom. The van der Waals surface area contributed by atoms with E-state index in [0.29, 0.717) is 0 Å². The molecule has 0 bridgehead atoms. The van der Waals surface area contributed by atoms with Crippen molar-refractivity contribution in [1.29, 1.82) is 0 Å². The van der Waals surface area contributed by atoms with Crippen molar-refractivity contribution in [3.63, 3.8) is 0 Å². The van der Waals surface area contributed by atoms with E-state index in [9.17, 15) is 0 Å². The van der Waals surface area contributed by atoms with E-state index >= 15 is 0 Å². The monoisotopic (exact) mass is 308 g/mol. The molecule has 122 valence electrons. The maximum Gasteiger partial charge on any atom is 0.202 e. The van der Waals surface area contributed by atoms with Crippen molar-refractivity contribution in [2.24, 2.45) is 0 Å². The fourth-order valence-corrected chi connectivity index (χ4v) is 2.96. The van der Waals surface area contributed by atoms with Crippen molar-refractivity contribution in [2.75, 3.05) is 10.6 Å². The summed E-state index contributed by atoms with van der Waals surface area (Å²) in [6, 6.07) is 13.0. The molecule has 2 nitrogen and oxygen atoms in total. The van der Waals surface area contributed by atoms with Crippen molar-refractivity contribution in [3.8, 4) is 0 Å². The molecule has 2 aromatic carbocycles. The van der Waals surface area contributed by atoms with Crippen LogP contribution in [0.15, 0.2) is 36.4 Å². The maximum atomic E-state index is 3.37. The zero-order valence-corrected chi connectivity index (χ0v) is 14.8. The molecule has 2 rings (SSSR count). The highest BCUT2D eigenvalue weighted by Gasteiger charge is 2.09. The van der Waals surface area contributed by atoms with Crippen LogP contribution in [0.4, 0.5) is 11.4 Å². The van der Waals surface area contributed by atoms with Gasteiger partial charge in [0.15, 0.2) is 0 Å². The molecule has 2 heteroatoms. The summed E-state index contributed by atoms with van der Waals surface area (Å²) in [5, 5.41) is 6.75. The number of hydrogen-bond donors (Lipinski definition) is 2. The SMILES string of the molecule is CCc1cccc(CC)c1N[C]Nc1c(CC)cccc1CC. The van der Waals surface area contributed by atoms with E-state index in [-0.39, 0.29) is 0 Å². The number of aryl methyl sites for hydroxylation is 4. The van der Waals surface area contributed by atoms with Crippen LogP contribution in [0.3, 0.4) is 0 Å². The standard InChI is InChI=1S/C21H28N2/c1-5-16-11-9-12-17(6-2)20(16)22-15-23-21-18(7-3)13-10-14-19(21)8-4/h9-14,22-23H,5-8H2,1-4H3. The molecule has 0 amide bonds. The highest BCUT2D eigenvalue weighted by atomic mass is 15.1. The Kier molecular flexibility index (Phi) is 6.52. The van der Waals surface area contributed by atoms with Crippen molar-refractivity contribution >= 4 is 11.4 Å². The highest BCUT2D eigenvalue weighted by Crippen LogP contribution is 2.25. The number of anilines is 2. The molecule has 0 atom stereocenters. The van der Waals surface area contributed by atoms with E-state index < -0.39 is 0 Å². The Morgan fingerprint density at radius 1 is 0.609 bits per heavy atom. The molecular formula is C21H28N2. The van der Waals surface area contributed by atoms with Crippen molar-refractivity contribution in [2.45, 2.75) is 53.4 Å². The predicted molar refractivity (Wildman–Crippen MR) is 101 cm³/mol. The fraction of sp³-hybridized carbons (Fsp3) is 0.381. The van der Waals surface area contributed by atoms with Crippen molar-refractivity contribution in [1.82, 2.24) is 0 Å². The number of benzene rings is 2. The zero-order chi connectivity index (χ0) is 16.7. The van der Waals surface area contributed by atoms with E-state index in [1.807, 2.05) is 0 Å². The average Bonchev–Trinajstić information content (AvgIpc) is 2.61. The van der Waals surface area contributed by atoms with Gasteiger partial charge in [-0.1, -0.05) is 64.1 Å². The lowest BCUT2D eigenvalue weighted by Gasteiger charge is -2.18. The first kappa shape index (κ1) is 17.4. The minimum atomic E-state index is 1.02. The lowest BCUT2D eigenvalue weighted by atomic mass is 10.0. The summed E-state index contributed by atoms with van der Waals surface area (Å²) in [5.41, 5.74) is 7.71. The number of para-hydroxylation sites is 2. The summed E-state index contributed by atoms with van der Waals surface area (Å²) in [5.74, 6) is 0. The van der Waals surface area contributed by atoms with Crippen LogP contribution in [-0.4, -0.2) is 0 Å². The summed E-state index contributed by atoms with van der Waals surface area (Å²) >= 11 is 0. The van der Waals surface area contributed by atoms with Crippen molar-refractivity contribution in [3.05, 3.63) is 65.3 Å². The number of hydrogen-bond acceptors (Lipinski definition) is 2. The second kappa shape index (κ2) is 8.61. The van der Waals surface area contributed by atoms with E-state index in [0.717, 1.165) is 25.7 Å². The van der Waals surface area contributed by atoms with Gasteiger partial charge < -0.3 is 10.6 Å². The molecule has 0 fully saturated rings. The average molecular weight is 308 g/mol. The zero-order valence-electron chi connectivity index (χ0n) is 14.8. The second-order valence-electron chi connectivity index (χ2n) is 5.69. The summed E-state index contributed by atoms with van der Waals surface area (Å²) < 4.78 is 0. The first-order valence-corrected chi connectivity index (χ1v) is 8.73. The van der Waals surface area contributed by atoms with Gasteiger partial charge in [0.2, 0.25) is 6.67 Å². The second-order valence-corrected chi connectivity index (χ2v) is 5.69. The van der Waals surface area contributed by atoms with E-state index in [1.54, 1.807) is 0 Å². The Hall–Kier alpha value is -1.96. The molecule has 2 aromatic rings. The molecule has 0 unspecified atom stereocenters. The third kappa shape index (κ3) is 4.07. The molecule has 0 saturated carbocycles. The van der Waals surface area contributed by atoms with Crippen LogP contribution in [0.5, 0.6) is 0 Å². The van der Waals surface area contributed by atoms with Gasteiger partial charge >= 0.3 is 0 Å². The van der Waals surface area contributed by atoms with E-state index in [1.165, 1.54) is 33.6 Å². The van der Waals surface area contributed by atoms with Gasteiger partial charge in [-0.15, -0.1) is 0 Å². The predicted octanol–water partition coefficient (Wildman–Crippen LogP) is 5.46. The van der Waals surface area contributed by atoms with Crippen LogP contribution >= 0.6 is 0 Å². The van der Waals surface area contributed by atoms with Gasteiger partial charge in [0, 0.05) is 11.4 Å². The quantitative estimate of drug-likeness (QED) is 0.633. The molecular weight excluding hydrogens is 280 g/mol. The molecule has 0 heterocycles. The van der Waals surface area contributed by atoms with E-state index in [2.05, 4.69) is 81.4 Å². The van der Waals surface area contributed by atoms with Crippen LogP contribution in [0, 0.1) is 6.67 Å². The van der Waals surface area contributed by atoms with Crippen LogP contribution in [0.1, 0.15) is 49.9 Å². The maximum absolute atomic E-state index is 3.37. The summed E-state index contributed by atoms with van der Waals surface area (Å²) in [6.07, 6.45) is 4.07. The topological polar surface area (TPSA) is 24.1 Å². The lowest BCUT2D eigenvalue weighted by molar-refractivity contribution is 1.07. The van der Waals surface area contributed by atoms with Crippen LogP contribution in [0.25, 0.3) is 0 Å². The lowest BCUT2D eigenvalue weighted by Crippen LogP contribution is -2.11. The molecule has 2 radical (unpaired) electrons. The molecule has 0 saturated heterocycles. The van der Waals surface area contributed by atoms with Crippen LogP contribution in [0.2, 0.25) is 0 Å². The van der Waals surface area contributed by atoms with Gasteiger partial charge in [-0.3, -0.25) is 0 Å². The third-order valence-electron chi connectivity index (χ3n) is 4.37. The van der Waals surface area contributed by atoms with Crippen molar-refractivity contribution < 1.29 is 0 Å². The smallest absolute Gasteiger partial charge is 0.202 e. The summed E-state index contributed by atoms with van der Waals surface area (Å²) in [4.78, 5) is 0. The molecule has 0 aliphatic rings. The van der Waals surface area contributed by atoms with Gasteiger partial charge in [-0.25, -0.2) is 0 Å². The van der Waals surface area contributed by atoms with Gasteiger partial charge in [-0.05, 0) is 47.9 Å². The largest absolute Gasteiger partial charge is 0.355 e. The summed E-state index contributed by atoms with van der Waals surface area (Å²) in [7, 11) is 0. The number of rotatable bonds is 8. The Balaban J connectivity index is 2.15.